The Morgan fingerprint density at radius 2 is 1.60 bits per heavy atom. The Bertz CT molecular complexity index is 537. The number of hydrogen-bond acceptors (Lipinski definition) is 3. The van der Waals surface area contributed by atoms with E-state index in [9.17, 15) is 0 Å². The number of ether oxygens (including phenoxy) is 3. The van der Waals surface area contributed by atoms with Crippen LogP contribution in [0.5, 0.6) is 17.2 Å². The molecule has 0 heterocycles. The van der Waals surface area contributed by atoms with Gasteiger partial charge in [0.15, 0.2) is 0 Å². The number of methoxy groups -OCH3 is 1. The quantitative estimate of drug-likeness (QED) is 0.716. The molecule has 3 heteroatoms. The minimum atomic E-state index is 0.624. The van der Waals surface area contributed by atoms with Gasteiger partial charge in [-0.2, -0.15) is 0 Å². The number of rotatable bonds is 7. The van der Waals surface area contributed by atoms with Crippen molar-refractivity contribution in [2.75, 3.05) is 20.3 Å². The van der Waals surface area contributed by atoms with Crippen molar-refractivity contribution in [3.05, 3.63) is 54.1 Å². The van der Waals surface area contributed by atoms with Crippen LogP contribution in [0, 0.1) is 6.92 Å². The fourth-order valence-corrected chi connectivity index (χ4v) is 1.84. The predicted molar refractivity (Wildman–Crippen MR) is 79.8 cm³/mol. The van der Waals surface area contributed by atoms with Crippen molar-refractivity contribution >= 4 is 0 Å². The summed E-state index contributed by atoms with van der Waals surface area (Å²) in [6.45, 7) is 3.32. The molecular weight excluding hydrogens is 252 g/mol. The van der Waals surface area contributed by atoms with E-state index in [0.29, 0.717) is 13.2 Å². The molecule has 2 aromatic rings. The summed E-state index contributed by atoms with van der Waals surface area (Å²) in [5.41, 5.74) is 1.15. The minimum absolute atomic E-state index is 0.624. The van der Waals surface area contributed by atoms with Crippen molar-refractivity contribution < 1.29 is 14.2 Å². The van der Waals surface area contributed by atoms with Crippen LogP contribution < -0.4 is 14.2 Å². The van der Waals surface area contributed by atoms with E-state index >= 15 is 0 Å². The lowest BCUT2D eigenvalue weighted by Crippen LogP contribution is -2.05. The van der Waals surface area contributed by atoms with Crippen LogP contribution in [0.15, 0.2) is 48.5 Å². The molecule has 0 N–H and O–H groups in total. The van der Waals surface area contributed by atoms with Gasteiger partial charge in [-0.1, -0.05) is 24.3 Å². The zero-order valence-electron chi connectivity index (χ0n) is 12.0. The summed E-state index contributed by atoms with van der Waals surface area (Å²) < 4.78 is 16.5. The average molecular weight is 272 g/mol. The molecule has 0 aliphatic heterocycles. The van der Waals surface area contributed by atoms with Gasteiger partial charge < -0.3 is 14.2 Å². The molecule has 0 bridgehead atoms. The molecule has 0 radical (unpaired) electrons. The highest BCUT2D eigenvalue weighted by molar-refractivity contribution is 5.33. The molecule has 0 aliphatic carbocycles. The standard InChI is InChI=1S/C17H20O3/c1-14-7-3-4-10-17(14)20-12-6-11-19-16-9-5-8-15(13-16)18-2/h3-5,7-10,13H,6,11-12H2,1-2H3. The summed E-state index contributed by atoms with van der Waals surface area (Å²) in [6, 6.07) is 15.6. The third-order valence-corrected chi connectivity index (χ3v) is 2.95. The first-order chi connectivity index (χ1) is 9.79. The van der Waals surface area contributed by atoms with E-state index in [1.165, 1.54) is 0 Å². The highest BCUT2D eigenvalue weighted by atomic mass is 16.5. The Morgan fingerprint density at radius 3 is 2.40 bits per heavy atom. The van der Waals surface area contributed by atoms with Crippen molar-refractivity contribution in [3.63, 3.8) is 0 Å². The third-order valence-electron chi connectivity index (χ3n) is 2.95. The van der Waals surface area contributed by atoms with E-state index in [1.54, 1.807) is 7.11 Å². The van der Waals surface area contributed by atoms with E-state index in [0.717, 1.165) is 29.2 Å². The second-order valence-electron chi connectivity index (χ2n) is 4.49. The number of para-hydroxylation sites is 1. The van der Waals surface area contributed by atoms with Gasteiger partial charge in [0.1, 0.15) is 17.2 Å². The van der Waals surface area contributed by atoms with Crippen LogP contribution in [-0.2, 0) is 0 Å². The van der Waals surface area contributed by atoms with Crippen LogP contribution in [0.25, 0.3) is 0 Å². The summed E-state index contributed by atoms with van der Waals surface area (Å²) in [6.07, 6.45) is 0.839. The van der Waals surface area contributed by atoms with Crippen molar-refractivity contribution in [1.29, 1.82) is 0 Å². The maximum atomic E-state index is 5.71. The number of hydrogen-bond donors (Lipinski definition) is 0. The maximum absolute atomic E-state index is 5.71. The van der Waals surface area contributed by atoms with Crippen molar-refractivity contribution in [2.45, 2.75) is 13.3 Å². The van der Waals surface area contributed by atoms with E-state index in [4.69, 9.17) is 14.2 Å². The van der Waals surface area contributed by atoms with Gasteiger partial charge in [-0.15, -0.1) is 0 Å². The molecule has 3 nitrogen and oxygen atoms in total. The summed E-state index contributed by atoms with van der Waals surface area (Å²) >= 11 is 0. The molecule has 0 saturated heterocycles. The molecule has 0 aromatic heterocycles. The first kappa shape index (κ1) is 14.3. The Labute approximate surface area is 120 Å². The van der Waals surface area contributed by atoms with Gasteiger partial charge in [0.05, 0.1) is 20.3 Å². The van der Waals surface area contributed by atoms with E-state index in [-0.39, 0.29) is 0 Å². The largest absolute Gasteiger partial charge is 0.497 e. The lowest BCUT2D eigenvalue weighted by atomic mass is 10.2. The second-order valence-corrected chi connectivity index (χ2v) is 4.49. The van der Waals surface area contributed by atoms with Gasteiger partial charge in [-0.05, 0) is 30.7 Å². The lowest BCUT2D eigenvalue weighted by molar-refractivity contribution is 0.246. The molecule has 0 fully saturated rings. The Morgan fingerprint density at radius 1 is 0.850 bits per heavy atom. The van der Waals surface area contributed by atoms with Crippen molar-refractivity contribution in [1.82, 2.24) is 0 Å². The maximum Gasteiger partial charge on any atom is 0.122 e. The molecule has 0 atom stereocenters. The van der Waals surface area contributed by atoms with Crippen LogP contribution >= 0.6 is 0 Å². The summed E-state index contributed by atoms with van der Waals surface area (Å²) in [4.78, 5) is 0. The Hall–Kier alpha value is -2.16. The van der Waals surface area contributed by atoms with Gasteiger partial charge >= 0.3 is 0 Å². The van der Waals surface area contributed by atoms with Crippen molar-refractivity contribution in [2.24, 2.45) is 0 Å². The smallest absolute Gasteiger partial charge is 0.122 e. The van der Waals surface area contributed by atoms with Gasteiger partial charge in [-0.25, -0.2) is 0 Å². The summed E-state index contributed by atoms with van der Waals surface area (Å²) in [7, 11) is 1.65. The topological polar surface area (TPSA) is 27.7 Å². The van der Waals surface area contributed by atoms with Crippen LogP contribution in [0.3, 0.4) is 0 Å². The van der Waals surface area contributed by atoms with Gasteiger partial charge in [0.2, 0.25) is 0 Å². The van der Waals surface area contributed by atoms with Crippen LogP contribution in [-0.4, -0.2) is 20.3 Å². The highest BCUT2D eigenvalue weighted by Crippen LogP contribution is 2.19. The molecule has 2 rings (SSSR count). The third kappa shape index (κ3) is 4.19. The Kier molecular flexibility index (Phi) is 5.30. The normalized spacial score (nSPS) is 10.1. The van der Waals surface area contributed by atoms with Crippen LogP contribution in [0.4, 0.5) is 0 Å². The zero-order chi connectivity index (χ0) is 14.2. The van der Waals surface area contributed by atoms with Gasteiger partial charge in [0.25, 0.3) is 0 Å². The molecule has 106 valence electrons. The van der Waals surface area contributed by atoms with E-state index in [2.05, 4.69) is 0 Å². The number of benzene rings is 2. The fraction of sp³-hybridized carbons (Fsp3) is 0.294. The predicted octanol–water partition coefficient (Wildman–Crippen LogP) is 3.85. The van der Waals surface area contributed by atoms with Crippen molar-refractivity contribution in [3.8, 4) is 17.2 Å². The highest BCUT2D eigenvalue weighted by Gasteiger charge is 1.99. The molecule has 20 heavy (non-hydrogen) atoms. The SMILES string of the molecule is COc1cccc(OCCCOc2ccccc2C)c1. The first-order valence-corrected chi connectivity index (χ1v) is 6.75. The van der Waals surface area contributed by atoms with Gasteiger partial charge in [0, 0.05) is 12.5 Å². The molecule has 0 spiro atoms. The van der Waals surface area contributed by atoms with E-state index in [1.807, 2.05) is 55.5 Å². The monoisotopic (exact) mass is 272 g/mol. The van der Waals surface area contributed by atoms with Gasteiger partial charge in [-0.3, -0.25) is 0 Å². The minimum Gasteiger partial charge on any atom is -0.497 e. The lowest BCUT2D eigenvalue weighted by Gasteiger charge is -2.10. The second kappa shape index (κ2) is 7.43. The molecule has 0 amide bonds. The van der Waals surface area contributed by atoms with Crippen LogP contribution in [0.2, 0.25) is 0 Å². The number of aryl methyl sites for hydroxylation is 1. The zero-order valence-corrected chi connectivity index (χ0v) is 12.0. The molecule has 0 aliphatic rings. The molecule has 0 saturated carbocycles. The van der Waals surface area contributed by atoms with E-state index < -0.39 is 0 Å². The summed E-state index contributed by atoms with van der Waals surface area (Å²) in [5, 5.41) is 0. The Balaban J connectivity index is 1.70. The summed E-state index contributed by atoms with van der Waals surface area (Å²) in [5.74, 6) is 2.56. The first-order valence-electron chi connectivity index (χ1n) is 6.75. The molecular formula is C17H20O3. The average Bonchev–Trinajstić information content (AvgIpc) is 2.49. The van der Waals surface area contributed by atoms with Crippen LogP contribution in [0.1, 0.15) is 12.0 Å². The molecule has 0 unspecified atom stereocenters. The fourth-order valence-electron chi connectivity index (χ4n) is 1.84. The molecule has 2 aromatic carbocycles.